The first-order chi connectivity index (χ1) is 10.4. The van der Waals surface area contributed by atoms with Crippen LogP contribution in [0.25, 0.3) is 0 Å². The Kier molecular flexibility index (Phi) is 4.72. The van der Waals surface area contributed by atoms with Crippen LogP contribution in [0.3, 0.4) is 0 Å². The monoisotopic (exact) mass is 288 g/mol. The van der Waals surface area contributed by atoms with Gasteiger partial charge in [0.05, 0.1) is 18.8 Å². The lowest BCUT2D eigenvalue weighted by Gasteiger charge is -2.26. The van der Waals surface area contributed by atoms with Gasteiger partial charge in [0.25, 0.3) is 0 Å². The average molecular weight is 288 g/mol. The summed E-state index contributed by atoms with van der Waals surface area (Å²) in [7, 11) is 0. The van der Waals surface area contributed by atoms with E-state index in [2.05, 4.69) is 32.8 Å². The van der Waals surface area contributed by atoms with Gasteiger partial charge < -0.3 is 14.3 Å². The smallest absolute Gasteiger partial charge is 0.122 e. The SMILES string of the molecule is CCn1ccnc1CNCC(c1ccco1)N1CCCC1. The van der Waals surface area contributed by atoms with Gasteiger partial charge in [-0.25, -0.2) is 4.98 Å². The van der Waals surface area contributed by atoms with Crippen LogP contribution in [-0.4, -0.2) is 34.1 Å². The van der Waals surface area contributed by atoms with Gasteiger partial charge in [-0.05, 0) is 45.0 Å². The van der Waals surface area contributed by atoms with E-state index in [1.54, 1.807) is 6.26 Å². The fraction of sp³-hybridized carbons (Fsp3) is 0.562. The first kappa shape index (κ1) is 14.4. The number of aromatic nitrogens is 2. The summed E-state index contributed by atoms with van der Waals surface area (Å²) in [5, 5.41) is 3.54. The third-order valence-corrected chi connectivity index (χ3v) is 4.22. The molecule has 0 amide bonds. The molecule has 3 heterocycles. The van der Waals surface area contributed by atoms with E-state index in [1.165, 1.54) is 12.8 Å². The minimum Gasteiger partial charge on any atom is -0.468 e. The van der Waals surface area contributed by atoms with Crippen molar-refractivity contribution in [1.82, 2.24) is 19.8 Å². The second-order valence-electron chi connectivity index (χ2n) is 5.53. The molecule has 2 aromatic heterocycles. The minimum atomic E-state index is 0.326. The Morgan fingerprint density at radius 1 is 1.38 bits per heavy atom. The predicted molar refractivity (Wildman–Crippen MR) is 81.9 cm³/mol. The molecule has 1 unspecified atom stereocenters. The molecule has 0 bridgehead atoms. The van der Waals surface area contributed by atoms with E-state index in [-0.39, 0.29) is 0 Å². The standard InChI is InChI=1S/C16H24N4O/c1-2-19-10-7-18-16(19)13-17-12-14(15-6-5-11-21-15)20-8-3-4-9-20/h5-7,10-11,14,17H,2-4,8-9,12-13H2,1H3. The summed E-state index contributed by atoms with van der Waals surface area (Å²) in [6.07, 6.45) is 8.24. The van der Waals surface area contributed by atoms with E-state index in [0.717, 1.165) is 44.3 Å². The highest BCUT2D eigenvalue weighted by atomic mass is 16.3. The second kappa shape index (κ2) is 6.91. The van der Waals surface area contributed by atoms with Crippen molar-refractivity contribution in [3.63, 3.8) is 0 Å². The maximum Gasteiger partial charge on any atom is 0.122 e. The number of rotatable bonds is 7. The fourth-order valence-electron chi connectivity index (χ4n) is 3.06. The molecule has 1 saturated heterocycles. The Morgan fingerprint density at radius 3 is 2.95 bits per heavy atom. The Labute approximate surface area is 126 Å². The summed E-state index contributed by atoms with van der Waals surface area (Å²) in [6.45, 7) is 7.12. The van der Waals surface area contributed by atoms with Crippen LogP contribution in [0.15, 0.2) is 35.2 Å². The molecule has 1 atom stereocenters. The summed E-state index contributed by atoms with van der Waals surface area (Å²) in [5.41, 5.74) is 0. The number of hydrogen-bond acceptors (Lipinski definition) is 4. The third kappa shape index (κ3) is 3.36. The quantitative estimate of drug-likeness (QED) is 0.850. The highest BCUT2D eigenvalue weighted by Gasteiger charge is 2.25. The molecule has 114 valence electrons. The Balaban J connectivity index is 1.60. The molecular weight excluding hydrogens is 264 g/mol. The summed E-state index contributed by atoms with van der Waals surface area (Å²) < 4.78 is 7.81. The summed E-state index contributed by atoms with van der Waals surface area (Å²) in [6, 6.07) is 4.38. The molecule has 1 aliphatic heterocycles. The van der Waals surface area contributed by atoms with Crippen molar-refractivity contribution in [3.05, 3.63) is 42.4 Å². The first-order valence-corrected chi connectivity index (χ1v) is 7.86. The zero-order chi connectivity index (χ0) is 14.5. The lowest BCUT2D eigenvalue weighted by atomic mass is 10.2. The van der Waals surface area contributed by atoms with Gasteiger partial charge in [0.2, 0.25) is 0 Å². The van der Waals surface area contributed by atoms with E-state index in [1.807, 2.05) is 18.5 Å². The van der Waals surface area contributed by atoms with Gasteiger partial charge >= 0.3 is 0 Å². The maximum absolute atomic E-state index is 5.64. The number of nitrogens with zero attached hydrogens (tertiary/aromatic N) is 3. The van der Waals surface area contributed by atoms with Crippen LogP contribution in [0.4, 0.5) is 0 Å². The van der Waals surface area contributed by atoms with Crippen LogP contribution in [0.1, 0.15) is 37.4 Å². The summed E-state index contributed by atoms with van der Waals surface area (Å²) in [4.78, 5) is 6.92. The van der Waals surface area contributed by atoms with E-state index >= 15 is 0 Å². The zero-order valence-corrected chi connectivity index (χ0v) is 12.7. The van der Waals surface area contributed by atoms with Crippen molar-refractivity contribution in [2.24, 2.45) is 0 Å². The van der Waals surface area contributed by atoms with Crippen molar-refractivity contribution in [3.8, 4) is 0 Å². The van der Waals surface area contributed by atoms with E-state index in [0.29, 0.717) is 6.04 Å². The van der Waals surface area contributed by atoms with Crippen molar-refractivity contribution >= 4 is 0 Å². The lowest BCUT2D eigenvalue weighted by molar-refractivity contribution is 0.208. The Hall–Kier alpha value is -1.59. The molecule has 1 aliphatic rings. The number of nitrogens with one attached hydrogen (secondary N) is 1. The Bertz CT molecular complexity index is 528. The number of hydrogen-bond donors (Lipinski definition) is 1. The van der Waals surface area contributed by atoms with E-state index < -0.39 is 0 Å². The second-order valence-corrected chi connectivity index (χ2v) is 5.53. The average Bonchev–Trinajstić information content (AvgIpc) is 3.24. The first-order valence-electron chi connectivity index (χ1n) is 7.86. The molecular formula is C16H24N4O. The van der Waals surface area contributed by atoms with Crippen molar-refractivity contribution in [2.45, 2.75) is 38.9 Å². The summed E-state index contributed by atoms with van der Waals surface area (Å²) in [5.74, 6) is 2.15. The van der Waals surface area contributed by atoms with Crippen LogP contribution in [0.5, 0.6) is 0 Å². The Morgan fingerprint density at radius 2 is 2.24 bits per heavy atom. The number of likely N-dealkylation sites (tertiary alicyclic amines) is 1. The molecule has 0 saturated carbocycles. The highest BCUT2D eigenvalue weighted by molar-refractivity contribution is 5.06. The fourth-order valence-corrected chi connectivity index (χ4v) is 3.06. The molecule has 0 aromatic carbocycles. The molecule has 21 heavy (non-hydrogen) atoms. The van der Waals surface area contributed by atoms with Crippen LogP contribution in [-0.2, 0) is 13.1 Å². The van der Waals surface area contributed by atoms with Gasteiger partial charge in [-0.3, -0.25) is 4.90 Å². The van der Waals surface area contributed by atoms with Crippen LogP contribution < -0.4 is 5.32 Å². The van der Waals surface area contributed by atoms with Crippen molar-refractivity contribution < 1.29 is 4.42 Å². The molecule has 1 fully saturated rings. The van der Waals surface area contributed by atoms with Gasteiger partial charge in [-0.15, -0.1) is 0 Å². The van der Waals surface area contributed by atoms with E-state index in [9.17, 15) is 0 Å². The van der Waals surface area contributed by atoms with Gasteiger partial charge in [-0.1, -0.05) is 0 Å². The van der Waals surface area contributed by atoms with Gasteiger partial charge in [0, 0.05) is 25.5 Å². The number of furan rings is 1. The van der Waals surface area contributed by atoms with Crippen LogP contribution >= 0.6 is 0 Å². The summed E-state index contributed by atoms with van der Waals surface area (Å²) >= 11 is 0. The topological polar surface area (TPSA) is 46.2 Å². The van der Waals surface area contributed by atoms with Gasteiger partial charge in [-0.2, -0.15) is 0 Å². The molecule has 2 aromatic rings. The van der Waals surface area contributed by atoms with Crippen LogP contribution in [0.2, 0.25) is 0 Å². The maximum atomic E-state index is 5.64. The van der Waals surface area contributed by atoms with Gasteiger partial charge in [0.1, 0.15) is 11.6 Å². The van der Waals surface area contributed by atoms with Crippen molar-refractivity contribution in [1.29, 1.82) is 0 Å². The zero-order valence-electron chi connectivity index (χ0n) is 12.7. The molecule has 3 rings (SSSR count). The molecule has 0 aliphatic carbocycles. The largest absolute Gasteiger partial charge is 0.468 e. The van der Waals surface area contributed by atoms with E-state index in [4.69, 9.17) is 4.42 Å². The molecule has 1 N–H and O–H groups in total. The third-order valence-electron chi connectivity index (χ3n) is 4.22. The molecule has 5 heteroatoms. The van der Waals surface area contributed by atoms with Crippen LogP contribution in [0, 0.1) is 0 Å². The van der Waals surface area contributed by atoms with Crippen molar-refractivity contribution in [2.75, 3.05) is 19.6 Å². The lowest BCUT2D eigenvalue weighted by Crippen LogP contribution is -2.34. The highest BCUT2D eigenvalue weighted by Crippen LogP contribution is 2.24. The predicted octanol–water partition coefficient (Wildman–Crippen LogP) is 2.42. The number of aryl methyl sites for hydroxylation is 1. The number of imidazole rings is 1. The molecule has 5 nitrogen and oxygen atoms in total. The van der Waals surface area contributed by atoms with Gasteiger partial charge in [0.15, 0.2) is 0 Å². The normalized spacial score (nSPS) is 17.4. The molecule has 0 radical (unpaired) electrons. The minimum absolute atomic E-state index is 0.326. The molecule has 0 spiro atoms.